The van der Waals surface area contributed by atoms with Crippen molar-refractivity contribution in [3.63, 3.8) is 0 Å². The van der Waals surface area contributed by atoms with E-state index in [0.29, 0.717) is 19.8 Å². The Balaban J connectivity index is 1.81. The Morgan fingerprint density at radius 1 is 1.21 bits per heavy atom. The van der Waals surface area contributed by atoms with Gasteiger partial charge in [0, 0.05) is 25.7 Å². The maximum Gasteiger partial charge on any atom is 0.134 e. The van der Waals surface area contributed by atoms with Crippen LogP contribution in [-0.4, -0.2) is 54.5 Å². The number of anilines is 2. The minimum atomic E-state index is 0.0621. The summed E-state index contributed by atoms with van der Waals surface area (Å²) in [5.74, 6) is 1.82. The van der Waals surface area contributed by atoms with Gasteiger partial charge in [-0.2, -0.15) is 0 Å². The van der Waals surface area contributed by atoms with E-state index in [1.807, 2.05) is 6.07 Å². The molecule has 0 unspecified atom stereocenters. The molecule has 1 saturated heterocycles. The molecule has 6 heteroatoms. The lowest BCUT2D eigenvalue weighted by Crippen LogP contribution is -2.30. The van der Waals surface area contributed by atoms with Gasteiger partial charge in [0.1, 0.15) is 18.0 Å². The number of aliphatic hydroxyl groups is 1. The molecule has 0 bridgehead atoms. The molecule has 2 rings (SSSR count). The maximum atomic E-state index is 8.59. The van der Waals surface area contributed by atoms with Gasteiger partial charge in [-0.1, -0.05) is 0 Å². The van der Waals surface area contributed by atoms with Gasteiger partial charge >= 0.3 is 0 Å². The summed E-state index contributed by atoms with van der Waals surface area (Å²) in [6.07, 6.45) is 5.39. The second-order valence-corrected chi connectivity index (χ2v) is 4.57. The van der Waals surface area contributed by atoms with Crippen LogP contribution in [0.1, 0.15) is 19.3 Å². The summed E-state index contributed by atoms with van der Waals surface area (Å²) in [6.45, 7) is 3.84. The van der Waals surface area contributed by atoms with Gasteiger partial charge in [0.05, 0.1) is 19.8 Å². The molecule has 1 aliphatic rings. The maximum absolute atomic E-state index is 8.59. The molecule has 0 aliphatic carbocycles. The van der Waals surface area contributed by atoms with Gasteiger partial charge in [-0.25, -0.2) is 9.97 Å². The third-order valence-corrected chi connectivity index (χ3v) is 3.12. The van der Waals surface area contributed by atoms with Crippen LogP contribution in [0.2, 0.25) is 0 Å². The highest BCUT2D eigenvalue weighted by Crippen LogP contribution is 2.18. The molecule has 2 N–H and O–H groups in total. The van der Waals surface area contributed by atoms with Crippen molar-refractivity contribution in [1.29, 1.82) is 0 Å². The van der Waals surface area contributed by atoms with Gasteiger partial charge in [-0.3, -0.25) is 0 Å². The van der Waals surface area contributed by atoms with Gasteiger partial charge in [0.25, 0.3) is 0 Å². The smallest absolute Gasteiger partial charge is 0.134 e. The molecule has 0 aromatic carbocycles. The first-order valence-electron chi connectivity index (χ1n) is 6.89. The van der Waals surface area contributed by atoms with Gasteiger partial charge in [-0.05, 0) is 19.3 Å². The summed E-state index contributed by atoms with van der Waals surface area (Å²) in [5, 5.41) is 11.8. The van der Waals surface area contributed by atoms with E-state index >= 15 is 0 Å². The first-order valence-corrected chi connectivity index (χ1v) is 6.89. The highest BCUT2D eigenvalue weighted by atomic mass is 16.5. The molecule has 1 aromatic rings. The van der Waals surface area contributed by atoms with Crippen molar-refractivity contribution in [3.05, 3.63) is 12.4 Å². The van der Waals surface area contributed by atoms with Crippen molar-refractivity contribution < 1.29 is 9.84 Å². The van der Waals surface area contributed by atoms with Gasteiger partial charge in [0.15, 0.2) is 0 Å². The predicted molar refractivity (Wildman–Crippen MR) is 74.5 cm³/mol. The Morgan fingerprint density at radius 3 is 2.84 bits per heavy atom. The Morgan fingerprint density at radius 2 is 2.05 bits per heavy atom. The summed E-state index contributed by atoms with van der Waals surface area (Å²) in [4.78, 5) is 10.8. The van der Waals surface area contributed by atoms with Crippen LogP contribution in [0.15, 0.2) is 12.4 Å². The number of nitrogens with one attached hydrogen (secondary N) is 1. The summed E-state index contributed by atoms with van der Waals surface area (Å²) >= 11 is 0. The van der Waals surface area contributed by atoms with Gasteiger partial charge < -0.3 is 20.1 Å². The fourth-order valence-corrected chi connectivity index (χ4v) is 2.16. The molecule has 2 heterocycles. The average molecular weight is 266 g/mol. The number of nitrogens with zero attached hydrogens (tertiary/aromatic N) is 3. The molecular formula is C13H22N4O2. The molecule has 1 fully saturated rings. The van der Waals surface area contributed by atoms with Crippen molar-refractivity contribution in [3.8, 4) is 0 Å². The van der Waals surface area contributed by atoms with E-state index in [4.69, 9.17) is 9.84 Å². The molecular weight excluding hydrogens is 244 g/mol. The number of hydrogen-bond donors (Lipinski definition) is 2. The minimum absolute atomic E-state index is 0.0621. The standard InChI is InChI=1S/C13H22N4O2/c18-7-9-19-8-4-14-12-10-13(16-11-15-12)17-5-2-1-3-6-17/h10-11,18H,1-9H2,(H,14,15,16). The molecule has 1 aliphatic heterocycles. The Labute approximate surface area is 113 Å². The molecule has 0 atom stereocenters. The van der Waals surface area contributed by atoms with Crippen LogP contribution in [0.3, 0.4) is 0 Å². The number of aromatic nitrogens is 2. The van der Waals surface area contributed by atoms with Crippen LogP contribution in [-0.2, 0) is 4.74 Å². The van der Waals surface area contributed by atoms with Crippen LogP contribution in [0.5, 0.6) is 0 Å². The van der Waals surface area contributed by atoms with Gasteiger partial charge in [-0.15, -0.1) is 0 Å². The molecule has 0 saturated carbocycles. The number of rotatable bonds is 7. The summed E-state index contributed by atoms with van der Waals surface area (Å²) in [6, 6.07) is 1.98. The number of piperidine rings is 1. The zero-order valence-electron chi connectivity index (χ0n) is 11.2. The van der Waals surface area contributed by atoms with Crippen molar-refractivity contribution in [1.82, 2.24) is 9.97 Å². The van der Waals surface area contributed by atoms with E-state index in [1.165, 1.54) is 19.3 Å². The van der Waals surface area contributed by atoms with E-state index < -0.39 is 0 Å². The minimum Gasteiger partial charge on any atom is -0.394 e. The van der Waals surface area contributed by atoms with Crippen LogP contribution in [0.25, 0.3) is 0 Å². The molecule has 6 nitrogen and oxygen atoms in total. The summed E-state index contributed by atoms with van der Waals surface area (Å²) < 4.78 is 5.18. The van der Waals surface area contributed by atoms with E-state index in [1.54, 1.807) is 6.33 Å². The van der Waals surface area contributed by atoms with Crippen molar-refractivity contribution in [2.75, 3.05) is 49.7 Å². The molecule has 106 valence electrons. The van der Waals surface area contributed by atoms with Crippen molar-refractivity contribution in [2.24, 2.45) is 0 Å². The highest BCUT2D eigenvalue weighted by molar-refractivity contribution is 5.48. The second kappa shape index (κ2) is 7.91. The molecule has 0 amide bonds. The number of ether oxygens (including phenoxy) is 1. The zero-order chi connectivity index (χ0) is 13.3. The fourth-order valence-electron chi connectivity index (χ4n) is 2.16. The van der Waals surface area contributed by atoms with Crippen LogP contribution >= 0.6 is 0 Å². The second-order valence-electron chi connectivity index (χ2n) is 4.57. The zero-order valence-corrected chi connectivity index (χ0v) is 11.2. The van der Waals surface area contributed by atoms with Crippen molar-refractivity contribution in [2.45, 2.75) is 19.3 Å². The SMILES string of the molecule is OCCOCCNc1cc(N2CCCCC2)ncn1. The molecule has 19 heavy (non-hydrogen) atoms. The monoisotopic (exact) mass is 266 g/mol. The van der Waals surface area contributed by atoms with E-state index in [-0.39, 0.29) is 6.61 Å². The van der Waals surface area contributed by atoms with E-state index in [2.05, 4.69) is 20.2 Å². The topological polar surface area (TPSA) is 70.5 Å². The lowest BCUT2D eigenvalue weighted by molar-refractivity contribution is 0.0992. The first kappa shape index (κ1) is 14.0. The van der Waals surface area contributed by atoms with E-state index in [0.717, 1.165) is 24.7 Å². The molecule has 1 aromatic heterocycles. The molecule has 0 radical (unpaired) electrons. The number of hydrogen-bond acceptors (Lipinski definition) is 6. The lowest BCUT2D eigenvalue weighted by Gasteiger charge is -2.27. The van der Waals surface area contributed by atoms with Gasteiger partial charge in [0.2, 0.25) is 0 Å². The largest absolute Gasteiger partial charge is 0.394 e. The first-order chi connectivity index (χ1) is 9.40. The normalized spacial score (nSPS) is 15.5. The van der Waals surface area contributed by atoms with Crippen LogP contribution < -0.4 is 10.2 Å². The van der Waals surface area contributed by atoms with Crippen LogP contribution in [0.4, 0.5) is 11.6 Å². The quantitative estimate of drug-likeness (QED) is 0.714. The number of aliphatic hydroxyl groups excluding tert-OH is 1. The van der Waals surface area contributed by atoms with E-state index in [9.17, 15) is 0 Å². The van der Waals surface area contributed by atoms with Crippen LogP contribution in [0, 0.1) is 0 Å². The summed E-state index contributed by atoms with van der Waals surface area (Å²) in [5.41, 5.74) is 0. The predicted octanol–water partition coefficient (Wildman–Crippen LogP) is 0.888. The highest BCUT2D eigenvalue weighted by Gasteiger charge is 2.12. The Hall–Kier alpha value is -1.40. The van der Waals surface area contributed by atoms with Crippen molar-refractivity contribution >= 4 is 11.6 Å². The lowest BCUT2D eigenvalue weighted by atomic mass is 10.1. The Kier molecular flexibility index (Phi) is 5.84. The third kappa shape index (κ3) is 4.65. The third-order valence-electron chi connectivity index (χ3n) is 3.12. The molecule has 0 spiro atoms. The summed E-state index contributed by atoms with van der Waals surface area (Å²) in [7, 11) is 0. The fraction of sp³-hybridized carbons (Fsp3) is 0.692. The Bertz CT molecular complexity index is 369. The average Bonchev–Trinajstić information content (AvgIpc) is 2.48.